The van der Waals surface area contributed by atoms with Crippen LogP contribution in [0.5, 0.6) is 0 Å². The van der Waals surface area contributed by atoms with Crippen LogP contribution in [0, 0.1) is 12.8 Å². The summed E-state index contributed by atoms with van der Waals surface area (Å²) in [5, 5.41) is 3.26. The highest BCUT2D eigenvalue weighted by atomic mass is 35.5. The van der Waals surface area contributed by atoms with Crippen LogP contribution in [0.3, 0.4) is 0 Å². The molecule has 1 amide bonds. The van der Waals surface area contributed by atoms with Crippen LogP contribution in [-0.4, -0.2) is 26.9 Å². The topological polar surface area (TPSA) is 66.5 Å². The van der Waals surface area contributed by atoms with E-state index in [1.54, 1.807) is 43.3 Å². The van der Waals surface area contributed by atoms with Gasteiger partial charge in [0.25, 0.3) is 10.0 Å². The van der Waals surface area contributed by atoms with Crippen molar-refractivity contribution < 1.29 is 13.2 Å². The maximum absolute atomic E-state index is 13.3. The van der Waals surface area contributed by atoms with Gasteiger partial charge in [-0.25, -0.2) is 8.42 Å². The summed E-state index contributed by atoms with van der Waals surface area (Å²) in [4.78, 5) is 12.7. The fourth-order valence-corrected chi connectivity index (χ4v) is 4.13. The summed E-state index contributed by atoms with van der Waals surface area (Å²) in [6, 6.07) is 13.0. The standard InChI is InChI=1S/C20H25ClN2O3S/c1-14(2)16(4)22-20(24)13-23(19-12-17(21)11-10-15(19)3)27(25,26)18-8-6-5-7-9-18/h5-12,14,16H,13H2,1-4H3,(H,22,24). The second-order valence-electron chi connectivity index (χ2n) is 6.86. The van der Waals surface area contributed by atoms with E-state index in [-0.39, 0.29) is 29.3 Å². The first-order chi connectivity index (χ1) is 12.6. The Balaban J connectivity index is 2.46. The minimum absolute atomic E-state index is 0.0702. The number of carbonyl (C=O) groups is 1. The van der Waals surface area contributed by atoms with E-state index in [9.17, 15) is 13.2 Å². The van der Waals surface area contributed by atoms with E-state index in [2.05, 4.69) is 5.32 Å². The first-order valence-corrected chi connectivity index (χ1v) is 10.6. The number of anilines is 1. The molecule has 0 radical (unpaired) electrons. The Morgan fingerprint density at radius 3 is 2.33 bits per heavy atom. The summed E-state index contributed by atoms with van der Waals surface area (Å²) in [6.07, 6.45) is 0. The predicted octanol–water partition coefficient (Wildman–Crippen LogP) is 4.00. The minimum Gasteiger partial charge on any atom is -0.352 e. The smallest absolute Gasteiger partial charge is 0.264 e. The van der Waals surface area contributed by atoms with Crippen molar-refractivity contribution in [1.29, 1.82) is 0 Å². The number of benzene rings is 2. The van der Waals surface area contributed by atoms with Gasteiger partial charge in [-0.15, -0.1) is 0 Å². The van der Waals surface area contributed by atoms with Gasteiger partial charge in [0, 0.05) is 11.1 Å². The summed E-state index contributed by atoms with van der Waals surface area (Å²) in [5.41, 5.74) is 1.10. The van der Waals surface area contributed by atoms with E-state index in [1.807, 2.05) is 20.8 Å². The van der Waals surface area contributed by atoms with Crippen molar-refractivity contribution in [2.45, 2.75) is 38.6 Å². The number of hydrogen-bond donors (Lipinski definition) is 1. The van der Waals surface area contributed by atoms with Crippen LogP contribution < -0.4 is 9.62 Å². The zero-order valence-electron chi connectivity index (χ0n) is 15.9. The van der Waals surface area contributed by atoms with Crippen molar-refractivity contribution in [2.75, 3.05) is 10.8 Å². The number of halogens is 1. The van der Waals surface area contributed by atoms with Crippen LogP contribution in [-0.2, 0) is 14.8 Å². The maximum atomic E-state index is 13.3. The van der Waals surface area contributed by atoms with Gasteiger partial charge in [-0.05, 0) is 49.6 Å². The quantitative estimate of drug-likeness (QED) is 0.752. The molecule has 27 heavy (non-hydrogen) atoms. The lowest BCUT2D eigenvalue weighted by Gasteiger charge is -2.27. The Morgan fingerprint density at radius 1 is 1.11 bits per heavy atom. The van der Waals surface area contributed by atoms with E-state index in [0.29, 0.717) is 16.3 Å². The molecule has 0 spiro atoms. The van der Waals surface area contributed by atoms with Crippen LogP contribution in [0.1, 0.15) is 26.3 Å². The highest BCUT2D eigenvalue weighted by molar-refractivity contribution is 7.92. The minimum atomic E-state index is -3.93. The molecule has 2 rings (SSSR count). The van der Waals surface area contributed by atoms with Crippen LogP contribution >= 0.6 is 11.6 Å². The van der Waals surface area contributed by atoms with Gasteiger partial charge in [-0.2, -0.15) is 0 Å². The average Bonchev–Trinajstić information content (AvgIpc) is 2.62. The zero-order chi connectivity index (χ0) is 20.2. The number of amides is 1. The summed E-state index contributed by atoms with van der Waals surface area (Å²) in [6.45, 7) is 7.33. The van der Waals surface area contributed by atoms with Gasteiger partial charge in [0.05, 0.1) is 10.6 Å². The number of hydrogen-bond acceptors (Lipinski definition) is 3. The molecule has 0 saturated heterocycles. The highest BCUT2D eigenvalue weighted by Crippen LogP contribution is 2.29. The average molecular weight is 409 g/mol. The van der Waals surface area contributed by atoms with Crippen molar-refractivity contribution >= 4 is 33.2 Å². The molecular weight excluding hydrogens is 384 g/mol. The van der Waals surface area contributed by atoms with Gasteiger partial charge in [0.1, 0.15) is 6.54 Å². The molecule has 1 unspecified atom stereocenters. The third kappa shape index (κ3) is 5.23. The molecule has 5 nitrogen and oxygen atoms in total. The van der Waals surface area contributed by atoms with Crippen LogP contribution in [0.4, 0.5) is 5.69 Å². The Kier molecular flexibility index (Phi) is 6.89. The number of carbonyl (C=O) groups excluding carboxylic acids is 1. The molecule has 0 saturated carbocycles. The van der Waals surface area contributed by atoms with Gasteiger partial charge >= 0.3 is 0 Å². The molecular formula is C20H25ClN2O3S. The Morgan fingerprint density at radius 2 is 1.74 bits per heavy atom. The molecule has 7 heteroatoms. The zero-order valence-corrected chi connectivity index (χ0v) is 17.5. The molecule has 0 aliphatic carbocycles. The predicted molar refractivity (Wildman–Crippen MR) is 110 cm³/mol. The van der Waals surface area contributed by atoms with E-state index in [4.69, 9.17) is 11.6 Å². The molecule has 0 aromatic heterocycles. The fourth-order valence-electron chi connectivity index (χ4n) is 2.47. The normalized spacial score (nSPS) is 12.7. The summed E-state index contributed by atoms with van der Waals surface area (Å²) in [7, 11) is -3.93. The van der Waals surface area contributed by atoms with E-state index >= 15 is 0 Å². The van der Waals surface area contributed by atoms with Crippen molar-refractivity contribution in [3.05, 3.63) is 59.1 Å². The summed E-state index contributed by atoms with van der Waals surface area (Å²) < 4.78 is 27.6. The Hall–Kier alpha value is -2.05. The number of aryl methyl sites for hydroxylation is 1. The second-order valence-corrected chi connectivity index (χ2v) is 9.15. The molecule has 1 N–H and O–H groups in total. The van der Waals surface area contributed by atoms with E-state index in [0.717, 1.165) is 4.31 Å². The lowest BCUT2D eigenvalue weighted by atomic mass is 10.1. The first-order valence-electron chi connectivity index (χ1n) is 8.76. The van der Waals surface area contributed by atoms with Gasteiger partial charge in [0.15, 0.2) is 0 Å². The molecule has 0 heterocycles. The third-order valence-electron chi connectivity index (χ3n) is 4.45. The summed E-state index contributed by atoms with van der Waals surface area (Å²) >= 11 is 6.10. The van der Waals surface area contributed by atoms with Crippen LogP contribution in [0.15, 0.2) is 53.4 Å². The number of rotatable bonds is 7. The highest BCUT2D eigenvalue weighted by Gasteiger charge is 2.28. The molecule has 2 aromatic rings. The second kappa shape index (κ2) is 8.76. The van der Waals surface area contributed by atoms with Crippen molar-refractivity contribution in [2.24, 2.45) is 5.92 Å². The molecule has 0 aliphatic heterocycles. The van der Waals surface area contributed by atoms with Crippen molar-refractivity contribution in [3.63, 3.8) is 0 Å². The van der Waals surface area contributed by atoms with Gasteiger partial charge in [-0.3, -0.25) is 9.10 Å². The number of sulfonamides is 1. The Labute approximate surface area is 166 Å². The van der Waals surface area contributed by atoms with E-state index in [1.165, 1.54) is 12.1 Å². The lowest BCUT2D eigenvalue weighted by molar-refractivity contribution is -0.120. The van der Waals surface area contributed by atoms with Gasteiger partial charge < -0.3 is 5.32 Å². The molecule has 0 fully saturated rings. The van der Waals surface area contributed by atoms with Crippen LogP contribution in [0.2, 0.25) is 5.02 Å². The Bertz CT molecular complexity index is 899. The maximum Gasteiger partial charge on any atom is 0.264 e. The monoisotopic (exact) mass is 408 g/mol. The SMILES string of the molecule is Cc1ccc(Cl)cc1N(CC(=O)NC(C)C(C)C)S(=O)(=O)c1ccccc1. The van der Waals surface area contributed by atoms with E-state index < -0.39 is 10.0 Å². The number of nitrogens with zero attached hydrogens (tertiary/aromatic N) is 1. The lowest BCUT2D eigenvalue weighted by Crippen LogP contribution is -2.45. The first kappa shape index (κ1) is 21.3. The molecule has 146 valence electrons. The third-order valence-corrected chi connectivity index (χ3v) is 6.46. The molecule has 1 atom stereocenters. The molecule has 0 aliphatic rings. The van der Waals surface area contributed by atoms with Crippen LogP contribution in [0.25, 0.3) is 0 Å². The largest absolute Gasteiger partial charge is 0.352 e. The van der Waals surface area contributed by atoms with Crippen molar-refractivity contribution in [3.8, 4) is 0 Å². The fraction of sp³-hybridized carbons (Fsp3) is 0.350. The number of nitrogens with one attached hydrogen (secondary N) is 1. The summed E-state index contributed by atoms with van der Waals surface area (Å²) in [5.74, 6) is -0.129. The van der Waals surface area contributed by atoms with Gasteiger partial charge in [0.2, 0.25) is 5.91 Å². The molecule has 0 bridgehead atoms. The van der Waals surface area contributed by atoms with Gasteiger partial charge in [-0.1, -0.05) is 49.7 Å². The van der Waals surface area contributed by atoms with Crippen molar-refractivity contribution in [1.82, 2.24) is 5.32 Å². The molecule has 2 aromatic carbocycles.